The summed E-state index contributed by atoms with van der Waals surface area (Å²) >= 11 is 1.43. The van der Waals surface area contributed by atoms with Crippen LogP contribution in [0.25, 0.3) is 0 Å². The number of para-hydroxylation sites is 1. The average molecular weight is 291 g/mol. The Kier molecular flexibility index (Phi) is 4.81. The van der Waals surface area contributed by atoms with Gasteiger partial charge in [-0.05, 0) is 13.0 Å². The van der Waals surface area contributed by atoms with E-state index in [0.717, 1.165) is 11.3 Å². The van der Waals surface area contributed by atoms with E-state index in [4.69, 9.17) is 10.5 Å². The molecule has 1 atom stereocenters. The molecule has 0 spiro atoms. The number of aromatic nitrogens is 2. The van der Waals surface area contributed by atoms with Crippen molar-refractivity contribution in [2.45, 2.75) is 17.3 Å². The number of benzene rings is 1. The topological polar surface area (TPSA) is 81.0 Å². The molecule has 6 heteroatoms. The summed E-state index contributed by atoms with van der Waals surface area (Å²) in [5.41, 5.74) is 7.38. The van der Waals surface area contributed by atoms with Gasteiger partial charge >= 0.3 is 0 Å². The van der Waals surface area contributed by atoms with Crippen molar-refractivity contribution >= 4 is 11.8 Å². The molecular weight excluding hydrogens is 274 g/mol. The van der Waals surface area contributed by atoms with Crippen LogP contribution in [0.5, 0.6) is 5.75 Å². The number of nitrogens with one attached hydrogen (secondary N) is 1. The minimum atomic E-state index is -0.157. The molecule has 0 aliphatic heterocycles. The fraction of sp³-hybridized carbons (Fsp3) is 0.286. The molecule has 2 aromatic rings. The van der Waals surface area contributed by atoms with Crippen LogP contribution in [-0.2, 0) is 0 Å². The van der Waals surface area contributed by atoms with Gasteiger partial charge in [0, 0.05) is 23.9 Å². The predicted molar refractivity (Wildman–Crippen MR) is 80.2 cm³/mol. The van der Waals surface area contributed by atoms with E-state index in [1.54, 1.807) is 14.0 Å². The van der Waals surface area contributed by atoms with Crippen LogP contribution in [0.1, 0.15) is 16.5 Å². The number of nitrogens with zero attached hydrogens (tertiary/aromatic N) is 1. The van der Waals surface area contributed by atoms with Gasteiger partial charge in [-0.15, -0.1) is 0 Å². The van der Waals surface area contributed by atoms with Gasteiger partial charge in [0.2, 0.25) is 0 Å². The second-order valence-corrected chi connectivity index (χ2v) is 5.47. The number of ether oxygens (including phenoxy) is 1. The predicted octanol–water partition coefficient (Wildman–Crippen LogP) is 1.88. The Hall–Kier alpha value is -1.79. The monoisotopic (exact) mass is 291 g/mol. The Labute approximate surface area is 121 Å². The number of aryl methyl sites for hydroxylation is 1. The lowest BCUT2D eigenvalue weighted by Crippen LogP contribution is -2.13. The first-order chi connectivity index (χ1) is 9.63. The van der Waals surface area contributed by atoms with Crippen LogP contribution >= 0.6 is 11.8 Å². The first-order valence-corrected chi connectivity index (χ1v) is 7.09. The number of hydrogen-bond acceptors (Lipinski definition) is 5. The zero-order chi connectivity index (χ0) is 14.5. The maximum Gasteiger partial charge on any atom is 0.251 e. The van der Waals surface area contributed by atoms with E-state index in [2.05, 4.69) is 9.97 Å². The van der Waals surface area contributed by atoms with Crippen LogP contribution in [0, 0.1) is 6.92 Å². The van der Waals surface area contributed by atoms with Gasteiger partial charge in [-0.1, -0.05) is 30.0 Å². The second-order valence-electron chi connectivity index (χ2n) is 4.28. The summed E-state index contributed by atoms with van der Waals surface area (Å²) < 4.78 is 5.35. The number of hydrogen-bond donors (Lipinski definition) is 2. The van der Waals surface area contributed by atoms with Crippen LogP contribution in [0.2, 0.25) is 0 Å². The van der Waals surface area contributed by atoms with E-state index in [9.17, 15) is 4.79 Å². The highest BCUT2D eigenvalue weighted by molar-refractivity contribution is 7.99. The molecule has 5 nitrogen and oxygen atoms in total. The summed E-state index contributed by atoms with van der Waals surface area (Å²) in [6.45, 7) is 2.21. The number of thioether (sulfide) groups is 1. The zero-order valence-corrected chi connectivity index (χ0v) is 12.2. The highest BCUT2D eigenvalue weighted by atomic mass is 32.2. The Balaban J connectivity index is 2.31. The van der Waals surface area contributed by atoms with E-state index in [1.165, 1.54) is 17.8 Å². The summed E-state index contributed by atoms with van der Waals surface area (Å²) in [4.78, 5) is 18.5. The quantitative estimate of drug-likeness (QED) is 0.649. The van der Waals surface area contributed by atoms with Crippen LogP contribution < -0.4 is 16.0 Å². The standard InChI is InChI=1S/C14H17N3O2S/c1-9-7-13(18)17-14(16-9)20-12(8-15)10-5-3-4-6-11(10)19-2/h3-7,12H,8,15H2,1-2H3,(H,16,17,18). The van der Waals surface area contributed by atoms with Crippen molar-refractivity contribution in [1.29, 1.82) is 0 Å². The van der Waals surface area contributed by atoms with Gasteiger partial charge in [0.15, 0.2) is 5.16 Å². The molecule has 0 fully saturated rings. The summed E-state index contributed by atoms with van der Waals surface area (Å²) in [5, 5.41) is 0.535. The molecule has 1 aromatic carbocycles. The molecule has 106 valence electrons. The first kappa shape index (κ1) is 14.6. The fourth-order valence-electron chi connectivity index (χ4n) is 1.91. The van der Waals surface area contributed by atoms with Crippen molar-refractivity contribution in [3.05, 3.63) is 51.9 Å². The molecule has 0 saturated carbocycles. The van der Waals surface area contributed by atoms with Crippen molar-refractivity contribution in [2.75, 3.05) is 13.7 Å². The van der Waals surface area contributed by atoms with Crippen molar-refractivity contribution < 1.29 is 4.74 Å². The number of nitrogens with two attached hydrogens (primary N) is 1. The Bertz CT molecular complexity index is 642. The molecule has 0 aliphatic carbocycles. The highest BCUT2D eigenvalue weighted by Gasteiger charge is 2.17. The van der Waals surface area contributed by atoms with Crippen molar-refractivity contribution in [2.24, 2.45) is 5.73 Å². The number of rotatable bonds is 5. The molecule has 0 radical (unpaired) electrons. The van der Waals surface area contributed by atoms with E-state index in [-0.39, 0.29) is 10.8 Å². The highest BCUT2D eigenvalue weighted by Crippen LogP contribution is 2.36. The van der Waals surface area contributed by atoms with E-state index < -0.39 is 0 Å². The maximum atomic E-state index is 11.5. The van der Waals surface area contributed by atoms with Gasteiger partial charge in [0.1, 0.15) is 5.75 Å². The van der Waals surface area contributed by atoms with Crippen molar-refractivity contribution in [1.82, 2.24) is 9.97 Å². The molecule has 0 amide bonds. The van der Waals surface area contributed by atoms with Gasteiger partial charge < -0.3 is 15.5 Å². The molecule has 1 aromatic heterocycles. The van der Waals surface area contributed by atoms with E-state index in [1.807, 2.05) is 24.3 Å². The molecule has 0 saturated heterocycles. The SMILES string of the molecule is COc1ccccc1C(CN)Sc1nc(C)cc(=O)[nH]1. The van der Waals surface area contributed by atoms with Crippen molar-refractivity contribution in [3.63, 3.8) is 0 Å². The summed E-state index contributed by atoms with van der Waals surface area (Å²) in [6.07, 6.45) is 0. The Morgan fingerprint density at radius 3 is 2.85 bits per heavy atom. The maximum absolute atomic E-state index is 11.5. The Morgan fingerprint density at radius 2 is 2.20 bits per heavy atom. The first-order valence-electron chi connectivity index (χ1n) is 6.21. The summed E-state index contributed by atoms with van der Waals surface area (Å²) in [5.74, 6) is 0.783. The molecule has 20 heavy (non-hydrogen) atoms. The van der Waals surface area contributed by atoms with Gasteiger partial charge in [-0.2, -0.15) is 0 Å². The fourth-order valence-corrected chi connectivity index (χ4v) is 2.96. The minimum absolute atomic E-state index is 0.0314. The van der Waals surface area contributed by atoms with Crippen LogP contribution in [0.15, 0.2) is 40.3 Å². The number of aromatic amines is 1. The van der Waals surface area contributed by atoms with E-state index in [0.29, 0.717) is 17.4 Å². The lowest BCUT2D eigenvalue weighted by atomic mass is 10.1. The minimum Gasteiger partial charge on any atom is -0.496 e. The van der Waals surface area contributed by atoms with Crippen LogP contribution in [0.3, 0.4) is 0 Å². The van der Waals surface area contributed by atoms with Crippen molar-refractivity contribution in [3.8, 4) is 5.75 Å². The Morgan fingerprint density at radius 1 is 1.45 bits per heavy atom. The van der Waals surface area contributed by atoms with Gasteiger partial charge in [-0.25, -0.2) is 4.98 Å². The normalized spacial score (nSPS) is 12.2. The van der Waals surface area contributed by atoms with Crippen LogP contribution in [-0.4, -0.2) is 23.6 Å². The molecule has 0 aliphatic rings. The largest absolute Gasteiger partial charge is 0.496 e. The van der Waals surface area contributed by atoms with Crippen LogP contribution in [0.4, 0.5) is 0 Å². The average Bonchev–Trinajstić information content (AvgIpc) is 2.43. The van der Waals surface area contributed by atoms with Gasteiger partial charge in [0.05, 0.1) is 12.4 Å². The smallest absolute Gasteiger partial charge is 0.251 e. The summed E-state index contributed by atoms with van der Waals surface area (Å²) in [6, 6.07) is 9.17. The third-order valence-corrected chi connectivity index (χ3v) is 3.95. The number of methoxy groups -OCH3 is 1. The number of H-pyrrole nitrogens is 1. The molecule has 3 N–H and O–H groups in total. The second kappa shape index (κ2) is 6.58. The molecular formula is C14H17N3O2S. The lowest BCUT2D eigenvalue weighted by molar-refractivity contribution is 0.409. The molecule has 2 rings (SSSR count). The van der Waals surface area contributed by atoms with Gasteiger partial charge in [-0.3, -0.25) is 4.79 Å². The zero-order valence-electron chi connectivity index (χ0n) is 11.4. The molecule has 1 heterocycles. The lowest BCUT2D eigenvalue weighted by Gasteiger charge is -2.17. The third kappa shape index (κ3) is 3.40. The molecule has 1 unspecified atom stereocenters. The third-order valence-electron chi connectivity index (χ3n) is 2.80. The van der Waals surface area contributed by atoms with Gasteiger partial charge in [0.25, 0.3) is 5.56 Å². The molecule has 0 bridgehead atoms. The summed E-state index contributed by atoms with van der Waals surface area (Å²) in [7, 11) is 1.63. The van der Waals surface area contributed by atoms with E-state index >= 15 is 0 Å².